The van der Waals surface area contributed by atoms with Crippen LogP contribution in [0.1, 0.15) is 83.2 Å². The lowest BCUT2D eigenvalue weighted by Crippen LogP contribution is -2.18. The molecular weight excluding hydrogens is 400 g/mol. The van der Waals surface area contributed by atoms with Crippen molar-refractivity contribution in [3.05, 3.63) is 70.4 Å². The first-order valence-corrected chi connectivity index (χ1v) is 11.6. The maximum Gasteiger partial charge on any atom is 0.337 e. The molecule has 1 aliphatic heterocycles. The molecule has 3 aromatic rings. The third-order valence-electron chi connectivity index (χ3n) is 6.73. The summed E-state index contributed by atoms with van der Waals surface area (Å²) in [6.07, 6.45) is 4.69. The molecule has 0 unspecified atom stereocenters. The first kappa shape index (κ1) is 21.0. The second-order valence-electron chi connectivity index (χ2n) is 9.29. The second-order valence-corrected chi connectivity index (χ2v) is 9.29. The van der Waals surface area contributed by atoms with E-state index in [4.69, 9.17) is 9.72 Å². The second kappa shape index (κ2) is 8.55. The fourth-order valence-corrected chi connectivity index (χ4v) is 4.94. The highest BCUT2D eigenvalue weighted by atomic mass is 16.5. The summed E-state index contributed by atoms with van der Waals surface area (Å²) in [5.74, 6) is 0.0596. The topological polar surface area (TPSA) is 71.5 Å². The van der Waals surface area contributed by atoms with Gasteiger partial charge >= 0.3 is 5.97 Å². The van der Waals surface area contributed by atoms with Crippen molar-refractivity contribution in [3.63, 3.8) is 0 Å². The lowest BCUT2D eigenvalue weighted by atomic mass is 9.88. The number of aromatic nitrogens is 1. The maximum atomic E-state index is 11.7. The zero-order chi connectivity index (χ0) is 22.2. The van der Waals surface area contributed by atoms with Crippen LogP contribution >= 0.6 is 0 Å². The largest absolute Gasteiger partial charge is 0.478 e. The monoisotopic (exact) mass is 430 g/mol. The zero-order valence-corrected chi connectivity index (χ0v) is 18.7. The number of rotatable bonds is 6. The number of ether oxygens (including phenoxy) is 1. The molecule has 0 radical (unpaired) electrons. The number of nitrogens with one attached hydrogen (secondary N) is 1. The van der Waals surface area contributed by atoms with Gasteiger partial charge in [0.1, 0.15) is 0 Å². The van der Waals surface area contributed by atoms with E-state index < -0.39 is 5.97 Å². The molecule has 5 heteroatoms. The minimum Gasteiger partial charge on any atom is -0.478 e. The summed E-state index contributed by atoms with van der Waals surface area (Å²) in [5, 5.41) is 14.2. The summed E-state index contributed by atoms with van der Waals surface area (Å²) in [6.45, 7) is 5.81. The number of aryl methyl sites for hydroxylation is 1. The summed E-state index contributed by atoms with van der Waals surface area (Å²) in [7, 11) is 0. The van der Waals surface area contributed by atoms with Gasteiger partial charge in [-0.3, -0.25) is 4.98 Å². The maximum absolute atomic E-state index is 11.7. The van der Waals surface area contributed by atoms with Crippen LogP contribution in [-0.2, 0) is 4.74 Å². The Morgan fingerprint density at radius 1 is 1.16 bits per heavy atom. The van der Waals surface area contributed by atoms with Crippen molar-refractivity contribution in [1.82, 2.24) is 4.98 Å². The van der Waals surface area contributed by atoms with Crippen LogP contribution in [0.15, 0.2) is 42.5 Å². The fraction of sp³-hybridized carbons (Fsp3) is 0.407. The molecule has 0 bridgehead atoms. The van der Waals surface area contributed by atoms with Crippen molar-refractivity contribution in [1.29, 1.82) is 0 Å². The molecule has 2 N–H and O–H groups in total. The van der Waals surface area contributed by atoms with E-state index in [2.05, 4.69) is 37.4 Å². The zero-order valence-electron chi connectivity index (χ0n) is 18.7. The summed E-state index contributed by atoms with van der Waals surface area (Å²) in [6, 6.07) is 13.7. The van der Waals surface area contributed by atoms with Crippen LogP contribution in [0.2, 0.25) is 0 Å². The number of para-hydroxylation sites is 1. The van der Waals surface area contributed by atoms with E-state index in [1.54, 1.807) is 12.1 Å². The van der Waals surface area contributed by atoms with Crippen LogP contribution in [0.3, 0.4) is 0 Å². The molecule has 2 atom stereocenters. The molecule has 5 nitrogen and oxygen atoms in total. The Hall–Kier alpha value is -2.92. The van der Waals surface area contributed by atoms with Gasteiger partial charge in [-0.05, 0) is 80.5 Å². The Bertz CT molecular complexity index is 1160. The van der Waals surface area contributed by atoms with Crippen LogP contribution < -0.4 is 5.32 Å². The van der Waals surface area contributed by atoms with Gasteiger partial charge in [0.05, 0.1) is 17.7 Å². The third-order valence-corrected chi connectivity index (χ3v) is 6.73. The Morgan fingerprint density at radius 3 is 2.69 bits per heavy atom. The van der Waals surface area contributed by atoms with Gasteiger partial charge in [-0.15, -0.1) is 0 Å². The van der Waals surface area contributed by atoms with Gasteiger partial charge in [-0.25, -0.2) is 4.79 Å². The number of fused-ring (bicyclic) bond motifs is 1. The number of carboxylic acids is 1. The summed E-state index contributed by atoms with van der Waals surface area (Å²) < 4.78 is 5.82. The van der Waals surface area contributed by atoms with Gasteiger partial charge in [0.15, 0.2) is 0 Å². The number of benzene rings is 2. The van der Waals surface area contributed by atoms with Crippen molar-refractivity contribution >= 4 is 22.6 Å². The van der Waals surface area contributed by atoms with Gasteiger partial charge in [-0.2, -0.15) is 0 Å². The minimum absolute atomic E-state index is 0.0677. The van der Waals surface area contributed by atoms with E-state index in [-0.39, 0.29) is 11.6 Å². The number of hydrogen-bond acceptors (Lipinski definition) is 4. The number of carbonyl (C=O) groups is 1. The molecule has 2 aliphatic rings. The molecule has 166 valence electrons. The molecule has 1 aromatic heterocycles. The highest BCUT2D eigenvalue weighted by Gasteiger charge is 2.31. The molecule has 0 amide bonds. The standard InChI is InChI=1S/C27H30N2O3/c1-16-12-21(17(2)28-24-8-4-3-7-20(24)27(30)31)23-14-22(19-6-5-11-32-15-19)26(18-9-10-18)29-25(23)13-16/h3-4,7-8,12-14,17-19,28H,5-6,9-11,15H2,1-2H3,(H,30,31)/t17-,19-/m0/s1. The number of carboxylic acid groups (broad SMARTS) is 1. The van der Waals surface area contributed by atoms with E-state index in [1.807, 2.05) is 12.1 Å². The van der Waals surface area contributed by atoms with E-state index in [1.165, 1.54) is 24.1 Å². The van der Waals surface area contributed by atoms with Gasteiger partial charge < -0.3 is 15.2 Å². The highest BCUT2D eigenvalue weighted by Crippen LogP contribution is 2.45. The van der Waals surface area contributed by atoms with Crippen LogP contribution in [0.25, 0.3) is 10.9 Å². The number of pyridine rings is 1. The minimum atomic E-state index is -0.926. The first-order valence-electron chi connectivity index (χ1n) is 11.6. The lowest BCUT2D eigenvalue weighted by Gasteiger charge is -2.26. The first-order chi connectivity index (χ1) is 15.5. The fourth-order valence-electron chi connectivity index (χ4n) is 4.94. The average Bonchev–Trinajstić information content (AvgIpc) is 3.64. The third kappa shape index (κ3) is 4.09. The molecule has 2 fully saturated rings. The smallest absolute Gasteiger partial charge is 0.337 e. The predicted molar refractivity (Wildman–Crippen MR) is 127 cm³/mol. The van der Waals surface area contributed by atoms with Crippen LogP contribution in [0.5, 0.6) is 0 Å². The summed E-state index contributed by atoms with van der Waals surface area (Å²) in [4.78, 5) is 16.9. The molecule has 5 rings (SSSR count). The van der Waals surface area contributed by atoms with Crippen LogP contribution in [0.4, 0.5) is 5.69 Å². The van der Waals surface area contributed by atoms with Gasteiger partial charge in [-0.1, -0.05) is 18.2 Å². The van der Waals surface area contributed by atoms with Crippen molar-refractivity contribution < 1.29 is 14.6 Å². The van der Waals surface area contributed by atoms with Crippen molar-refractivity contribution in [2.75, 3.05) is 18.5 Å². The molecule has 2 aromatic carbocycles. The van der Waals surface area contributed by atoms with Crippen molar-refractivity contribution in [2.24, 2.45) is 0 Å². The van der Waals surface area contributed by atoms with Gasteiger partial charge in [0.25, 0.3) is 0 Å². The quantitative estimate of drug-likeness (QED) is 0.488. The normalized spacial score (nSPS) is 19.6. The lowest BCUT2D eigenvalue weighted by molar-refractivity contribution is 0.0698. The van der Waals surface area contributed by atoms with E-state index >= 15 is 0 Å². The van der Waals surface area contributed by atoms with E-state index in [9.17, 15) is 9.90 Å². The Kier molecular flexibility index (Phi) is 5.60. The Balaban J connectivity index is 1.59. The molecule has 1 saturated heterocycles. The molecule has 1 saturated carbocycles. The number of anilines is 1. The highest BCUT2D eigenvalue weighted by molar-refractivity contribution is 5.94. The Labute approximate surface area is 188 Å². The molecule has 32 heavy (non-hydrogen) atoms. The number of hydrogen-bond donors (Lipinski definition) is 2. The van der Waals surface area contributed by atoms with Crippen LogP contribution in [0, 0.1) is 6.92 Å². The summed E-state index contributed by atoms with van der Waals surface area (Å²) >= 11 is 0. The van der Waals surface area contributed by atoms with Crippen molar-refractivity contribution in [3.8, 4) is 0 Å². The number of aromatic carboxylic acids is 1. The van der Waals surface area contributed by atoms with E-state index in [0.29, 0.717) is 17.5 Å². The van der Waals surface area contributed by atoms with Crippen molar-refractivity contribution in [2.45, 2.75) is 57.4 Å². The molecule has 2 heterocycles. The predicted octanol–water partition coefficient (Wildman–Crippen LogP) is 6.19. The van der Waals surface area contributed by atoms with Crippen LogP contribution in [-0.4, -0.2) is 29.3 Å². The summed E-state index contributed by atoms with van der Waals surface area (Å²) in [5.41, 5.74) is 6.87. The Morgan fingerprint density at radius 2 is 1.97 bits per heavy atom. The molecule has 0 spiro atoms. The van der Waals surface area contributed by atoms with Gasteiger partial charge in [0, 0.05) is 41.3 Å². The molecule has 1 aliphatic carbocycles. The van der Waals surface area contributed by atoms with Gasteiger partial charge in [0.2, 0.25) is 0 Å². The van der Waals surface area contributed by atoms with E-state index in [0.717, 1.165) is 48.1 Å². The SMILES string of the molecule is Cc1cc([C@H](C)Nc2ccccc2C(=O)O)c2cc([C@H]3CCCOC3)c(C3CC3)nc2c1. The molecular formula is C27H30N2O3. The average molecular weight is 431 g/mol. The number of nitrogens with zero attached hydrogens (tertiary/aromatic N) is 1.